The number of hydrogen-bond donors (Lipinski definition) is 2. The molecule has 0 aliphatic carbocycles. The Labute approximate surface area is 125 Å². The maximum atomic E-state index is 14.3. The summed E-state index contributed by atoms with van der Waals surface area (Å²) in [5.74, 6) is -0.379. The van der Waals surface area contributed by atoms with Gasteiger partial charge in [0.05, 0.1) is 11.1 Å². The zero-order valence-electron chi connectivity index (χ0n) is 10.2. The van der Waals surface area contributed by atoms with Crippen molar-refractivity contribution in [2.45, 2.75) is 6.42 Å². The second-order valence-corrected chi connectivity index (χ2v) is 4.52. The molecule has 0 spiro atoms. The third-order valence-electron chi connectivity index (χ3n) is 2.89. The molecule has 3 aromatic rings. The number of anilines is 1. The fraction of sp³-hybridized carbons (Fsp3) is 0.0769. The predicted octanol–water partition coefficient (Wildman–Crippen LogP) is 3.35. The first-order valence-electron chi connectivity index (χ1n) is 5.68. The number of aromatic amines is 1. The molecule has 0 fully saturated rings. The van der Waals surface area contributed by atoms with Crippen molar-refractivity contribution in [1.29, 1.82) is 0 Å². The number of rotatable bonds is 2. The number of halogens is 3. The van der Waals surface area contributed by atoms with Gasteiger partial charge in [0.2, 0.25) is 5.28 Å². The Morgan fingerprint density at radius 1 is 1.20 bits per heavy atom. The fourth-order valence-electron chi connectivity index (χ4n) is 2.03. The van der Waals surface area contributed by atoms with Crippen LogP contribution in [0.1, 0.15) is 11.3 Å². The Morgan fingerprint density at radius 3 is 2.60 bits per heavy atom. The van der Waals surface area contributed by atoms with Crippen LogP contribution < -0.4 is 5.73 Å². The second-order valence-electron chi connectivity index (χ2n) is 4.18. The minimum Gasteiger partial charge on any atom is -0.383 e. The van der Waals surface area contributed by atoms with Crippen LogP contribution in [0.3, 0.4) is 0 Å². The summed E-state index contributed by atoms with van der Waals surface area (Å²) in [4.78, 5) is 10.6. The Hall–Kier alpha value is -1.85. The van der Waals surface area contributed by atoms with Crippen molar-refractivity contribution in [1.82, 2.24) is 15.0 Å². The predicted molar refractivity (Wildman–Crippen MR) is 79.8 cm³/mol. The van der Waals surface area contributed by atoms with Gasteiger partial charge in [-0.25, -0.2) is 9.37 Å². The highest BCUT2D eigenvalue weighted by molar-refractivity contribution is 6.28. The summed E-state index contributed by atoms with van der Waals surface area (Å²) in [6.07, 6.45) is 0.431. The number of aromatic nitrogens is 3. The van der Waals surface area contributed by atoms with Gasteiger partial charge in [0.25, 0.3) is 0 Å². The summed E-state index contributed by atoms with van der Waals surface area (Å²) >= 11 is 5.70. The van der Waals surface area contributed by atoms with E-state index in [9.17, 15) is 4.39 Å². The van der Waals surface area contributed by atoms with Gasteiger partial charge in [0.1, 0.15) is 11.5 Å². The molecule has 0 aliphatic rings. The fourth-order valence-corrected chi connectivity index (χ4v) is 2.20. The molecule has 2 aromatic heterocycles. The summed E-state index contributed by atoms with van der Waals surface area (Å²) < 4.78 is 14.3. The average molecular weight is 313 g/mol. The Morgan fingerprint density at radius 2 is 1.90 bits per heavy atom. The molecule has 0 saturated heterocycles. The van der Waals surface area contributed by atoms with Gasteiger partial charge in [0.15, 0.2) is 5.82 Å². The van der Waals surface area contributed by atoms with Crippen LogP contribution >= 0.6 is 24.0 Å². The normalized spacial score (nSPS) is 10.5. The van der Waals surface area contributed by atoms with E-state index < -0.39 is 5.82 Å². The van der Waals surface area contributed by atoms with E-state index in [1.807, 2.05) is 30.3 Å². The highest BCUT2D eigenvalue weighted by Gasteiger charge is 2.16. The van der Waals surface area contributed by atoms with Gasteiger partial charge in [-0.15, -0.1) is 12.4 Å². The van der Waals surface area contributed by atoms with Crippen LogP contribution in [0, 0.1) is 5.82 Å². The molecule has 4 nitrogen and oxygen atoms in total. The minimum absolute atomic E-state index is 0. The molecule has 0 atom stereocenters. The maximum absolute atomic E-state index is 14.3. The highest BCUT2D eigenvalue weighted by atomic mass is 35.5. The molecule has 0 radical (unpaired) electrons. The van der Waals surface area contributed by atoms with E-state index in [-0.39, 0.29) is 28.9 Å². The van der Waals surface area contributed by atoms with Crippen molar-refractivity contribution in [3.63, 3.8) is 0 Å². The van der Waals surface area contributed by atoms with E-state index in [1.54, 1.807) is 0 Å². The molecule has 0 bridgehead atoms. The Balaban J connectivity index is 0.00000147. The molecule has 0 amide bonds. The molecule has 1 aromatic carbocycles. The van der Waals surface area contributed by atoms with Crippen LogP contribution in [0.2, 0.25) is 5.28 Å². The van der Waals surface area contributed by atoms with Crippen LogP contribution in [-0.2, 0) is 6.42 Å². The van der Waals surface area contributed by atoms with Gasteiger partial charge >= 0.3 is 0 Å². The largest absolute Gasteiger partial charge is 0.383 e. The van der Waals surface area contributed by atoms with E-state index in [0.29, 0.717) is 17.8 Å². The lowest BCUT2D eigenvalue weighted by atomic mass is 10.1. The summed E-state index contributed by atoms with van der Waals surface area (Å²) in [7, 11) is 0. The summed E-state index contributed by atoms with van der Waals surface area (Å²) in [5, 5.41) is 0.188. The number of fused-ring (bicyclic) bond motifs is 1. The molecular formula is C13H11Cl2FN4. The van der Waals surface area contributed by atoms with Crippen LogP contribution in [-0.4, -0.2) is 15.0 Å². The zero-order chi connectivity index (χ0) is 13.4. The van der Waals surface area contributed by atoms with Gasteiger partial charge in [0, 0.05) is 6.42 Å². The minimum atomic E-state index is -0.423. The van der Waals surface area contributed by atoms with Gasteiger partial charge < -0.3 is 10.7 Å². The first-order chi connectivity index (χ1) is 9.15. The smallest absolute Gasteiger partial charge is 0.226 e. The zero-order valence-corrected chi connectivity index (χ0v) is 11.8. The first kappa shape index (κ1) is 14.6. The summed E-state index contributed by atoms with van der Waals surface area (Å²) in [6, 6.07) is 9.57. The van der Waals surface area contributed by atoms with Gasteiger partial charge in [-0.1, -0.05) is 30.3 Å². The highest BCUT2D eigenvalue weighted by Crippen LogP contribution is 2.26. The standard InChI is InChI=1S/C13H10ClFN4.ClH/c14-13-18-11(16)9-10(15)8(17-12(9)19-13)6-7-4-2-1-3-5-7;/h1-5H,6H2,(H3,16,17,18,19);1H. The van der Waals surface area contributed by atoms with Crippen molar-refractivity contribution < 1.29 is 4.39 Å². The molecule has 20 heavy (non-hydrogen) atoms. The Bertz CT molecular complexity index is 743. The van der Waals surface area contributed by atoms with E-state index >= 15 is 0 Å². The lowest BCUT2D eigenvalue weighted by Crippen LogP contribution is -1.94. The van der Waals surface area contributed by atoms with Crippen LogP contribution in [0.4, 0.5) is 10.2 Å². The lowest BCUT2D eigenvalue weighted by molar-refractivity contribution is 0.624. The monoisotopic (exact) mass is 312 g/mol. The number of benzene rings is 1. The number of nitrogens with two attached hydrogens (primary N) is 1. The van der Waals surface area contributed by atoms with Crippen LogP contribution in [0.15, 0.2) is 30.3 Å². The average Bonchev–Trinajstić information content (AvgIpc) is 2.67. The van der Waals surface area contributed by atoms with Crippen molar-refractivity contribution in [2.24, 2.45) is 0 Å². The molecule has 2 heterocycles. The SMILES string of the molecule is Cl.Nc1nc(Cl)nc2[nH]c(Cc3ccccc3)c(F)c12. The molecule has 0 aliphatic heterocycles. The van der Waals surface area contributed by atoms with Crippen molar-refractivity contribution in [2.75, 3.05) is 5.73 Å². The van der Waals surface area contributed by atoms with Crippen molar-refractivity contribution >= 4 is 40.9 Å². The van der Waals surface area contributed by atoms with Crippen LogP contribution in [0.5, 0.6) is 0 Å². The number of hydrogen-bond acceptors (Lipinski definition) is 3. The molecule has 0 saturated carbocycles. The van der Waals surface area contributed by atoms with Gasteiger partial charge in [-0.3, -0.25) is 0 Å². The molecule has 3 rings (SSSR count). The quantitative estimate of drug-likeness (QED) is 0.713. The molecule has 104 valence electrons. The van der Waals surface area contributed by atoms with Gasteiger partial charge in [-0.2, -0.15) is 4.98 Å². The van der Waals surface area contributed by atoms with E-state index in [0.717, 1.165) is 5.56 Å². The first-order valence-corrected chi connectivity index (χ1v) is 6.06. The van der Waals surface area contributed by atoms with Crippen LogP contribution in [0.25, 0.3) is 11.0 Å². The maximum Gasteiger partial charge on any atom is 0.226 e. The summed E-state index contributed by atoms with van der Waals surface area (Å²) in [6.45, 7) is 0. The molecule has 0 unspecified atom stereocenters. The van der Waals surface area contributed by atoms with E-state index in [4.69, 9.17) is 17.3 Å². The number of nitrogen functional groups attached to an aromatic ring is 1. The summed E-state index contributed by atoms with van der Waals surface area (Å²) in [5.41, 5.74) is 7.40. The Kier molecular flexibility index (Phi) is 4.11. The topological polar surface area (TPSA) is 67.6 Å². The number of nitrogens with zero attached hydrogens (tertiary/aromatic N) is 2. The van der Waals surface area contributed by atoms with Crippen molar-refractivity contribution in [3.8, 4) is 0 Å². The molecule has 7 heteroatoms. The van der Waals surface area contributed by atoms with Crippen molar-refractivity contribution in [3.05, 3.63) is 52.7 Å². The van der Waals surface area contributed by atoms with E-state index in [1.165, 1.54) is 0 Å². The van der Waals surface area contributed by atoms with Gasteiger partial charge in [-0.05, 0) is 17.2 Å². The molecule has 3 N–H and O–H groups in total. The van der Waals surface area contributed by atoms with E-state index in [2.05, 4.69) is 15.0 Å². The number of nitrogens with one attached hydrogen (secondary N) is 1. The second kappa shape index (κ2) is 5.64. The lowest BCUT2D eigenvalue weighted by Gasteiger charge is -1.98. The molecular weight excluding hydrogens is 302 g/mol. The third kappa shape index (κ3) is 2.55. The third-order valence-corrected chi connectivity index (χ3v) is 3.06. The number of H-pyrrole nitrogens is 1.